The molecular formula is C11H19N3O3. The quantitative estimate of drug-likeness (QED) is 0.765. The van der Waals surface area contributed by atoms with Crippen molar-refractivity contribution < 1.29 is 14.4 Å². The van der Waals surface area contributed by atoms with Crippen molar-refractivity contribution in [1.29, 1.82) is 0 Å². The normalized spacial score (nSPS) is 11.2. The summed E-state index contributed by atoms with van der Waals surface area (Å²) in [5, 5.41) is 15.2. The summed E-state index contributed by atoms with van der Waals surface area (Å²) in [6.07, 6.45) is 0. The van der Waals surface area contributed by atoms with Gasteiger partial charge < -0.3 is 9.63 Å². The summed E-state index contributed by atoms with van der Waals surface area (Å²) in [4.78, 5) is 13.3. The molecule has 0 bridgehead atoms. The van der Waals surface area contributed by atoms with Gasteiger partial charge in [0.2, 0.25) is 11.8 Å². The minimum absolute atomic E-state index is 0.0313. The number of carbonyl (C=O) groups excluding carboxylic acids is 1. The van der Waals surface area contributed by atoms with E-state index in [1.165, 1.54) is 0 Å². The Morgan fingerprint density at radius 2 is 2.35 bits per heavy atom. The first-order valence-electron chi connectivity index (χ1n) is 5.58. The monoisotopic (exact) mass is 241 g/mol. The van der Waals surface area contributed by atoms with E-state index in [2.05, 4.69) is 10.5 Å². The molecule has 6 nitrogen and oxygen atoms in total. The molecule has 0 unspecified atom stereocenters. The lowest BCUT2D eigenvalue weighted by atomic mass is 10.1. The van der Waals surface area contributed by atoms with E-state index in [0.717, 1.165) is 5.69 Å². The average molecular weight is 241 g/mol. The van der Waals surface area contributed by atoms with E-state index in [4.69, 9.17) is 9.63 Å². The number of aromatic nitrogens is 1. The highest BCUT2D eigenvalue weighted by molar-refractivity contribution is 5.90. The van der Waals surface area contributed by atoms with Gasteiger partial charge in [0.1, 0.15) is 0 Å². The summed E-state index contributed by atoms with van der Waals surface area (Å²) in [5.74, 6) is 0.435. The number of nitrogens with one attached hydrogen (secondary N) is 1. The average Bonchev–Trinajstić information content (AvgIpc) is 2.66. The Hall–Kier alpha value is -1.40. The molecule has 1 heterocycles. The van der Waals surface area contributed by atoms with Gasteiger partial charge in [-0.3, -0.25) is 15.0 Å². The minimum Gasteiger partial charge on any atom is -0.395 e. The zero-order valence-electron chi connectivity index (χ0n) is 10.4. The molecule has 0 aliphatic rings. The van der Waals surface area contributed by atoms with Crippen LogP contribution in [0, 0.1) is 0 Å². The predicted molar refractivity (Wildman–Crippen MR) is 63.8 cm³/mol. The van der Waals surface area contributed by atoms with Crippen LogP contribution in [0.2, 0.25) is 0 Å². The number of hydrogen-bond donors (Lipinski definition) is 2. The zero-order chi connectivity index (χ0) is 12.8. The summed E-state index contributed by atoms with van der Waals surface area (Å²) >= 11 is 0. The lowest BCUT2D eigenvalue weighted by Crippen LogP contribution is -2.31. The first-order valence-corrected chi connectivity index (χ1v) is 5.58. The fourth-order valence-corrected chi connectivity index (χ4v) is 1.29. The Morgan fingerprint density at radius 3 is 2.88 bits per heavy atom. The highest BCUT2D eigenvalue weighted by atomic mass is 16.5. The molecule has 96 valence electrons. The van der Waals surface area contributed by atoms with E-state index < -0.39 is 0 Å². The molecule has 1 aromatic rings. The number of nitrogens with zero attached hydrogens (tertiary/aromatic N) is 2. The topological polar surface area (TPSA) is 78.6 Å². The molecule has 0 saturated heterocycles. The van der Waals surface area contributed by atoms with Gasteiger partial charge in [-0.25, -0.2) is 0 Å². The number of likely N-dealkylation sites (N-methyl/N-ethyl adjacent to an activating group) is 1. The van der Waals surface area contributed by atoms with Crippen molar-refractivity contribution in [3.05, 3.63) is 11.8 Å². The van der Waals surface area contributed by atoms with Crippen molar-refractivity contribution in [3.63, 3.8) is 0 Å². The van der Waals surface area contributed by atoms with Crippen molar-refractivity contribution in [2.45, 2.75) is 19.8 Å². The number of amides is 1. The number of carbonyl (C=O) groups is 1. The number of aliphatic hydroxyl groups excluding tert-OH is 1. The van der Waals surface area contributed by atoms with Gasteiger partial charge in [0, 0.05) is 12.6 Å². The minimum atomic E-state index is -0.188. The molecule has 0 aliphatic carbocycles. The van der Waals surface area contributed by atoms with Gasteiger partial charge in [-0.2, -0.15) is 0 Å². The van der Waals surface area contributed by atoms with Crippen LogP contribution in [-0.4, -0.2) is 47.8 Å². The van der Waals surface area contributed by atoms with Crippen molar-refractivity contribution in [1.82, 2.24) is 10.1 Å². The Balaban J connectivity index is 2.44. The van der Waals surface area contributed by atoms with Crippen LogP contribution < -0.4 is 5.32 Å². The molecule has 0 radical (unpaired) electrons. The molecule has 1 amide bonds. The van der Waals surface area contributed by atoms with Crippen LogP contribution in [0.1, 0.15) is 25.5 Å². The van der Waals surface area contributed by atoms with E-state index in [1.807, 2.05) is 13.8 Å². The number of hydrogen-bond acceptors (Lipinski definition) is 5. The first kappa shape index (κ1) is 13.7. The first-order chi connectivity index (χ1) is 8.02. The van der Waals surface area contributed by atoms with Crippen LogP contribution in [0.5, 0.6) is 0 Å². The molecule has 0 aromatic carbocycles. The molecule has 6 heteroatoms. The van der Waals surface area contributed by atoms with Crippen molar-refractivity contribution in [2.24, 2.45) is 0 Å². The molecule has 2 N–H and O–H groups in total. The maximum Gasteiger partial charge on any atom is 0.240 e. The SMILES string of the molecule is CC(C)c1cc(NC(=O)CN(C)CCO)on1. The summed E-state index contributed by atoms with van der Waals surface area (Å²) < 4.78 is 4.99. The zero-order valence-corrected chi connectivity index (χ0v) is 10.4. The Labute approximate surface area is 101 Å². The van der Waals surface area contributed by atoms with Gasteiger partial charge in [0.25, 0.3) is 0 Å². The highest BCUT2D eigenvalue weighted by Gasteiger charge is 2.11. The number of anilines is 1. The Bertz CT molecular complexity index is 363. The van der Waals surface area contributed by atoms with E-state index in [-0.39, 0.29) is 25.0 Å². The van der Waals surface area contributed by atoms with Crippen LogP contribution >= 0.6 is 0 Å². The van der Waals surface area contributed by atoms with Crippen LogP contribution in [0.25, 0.3) is 0 Å². The van der Waals surface area contributed by atoms with Crippen LogP contribution in [0.4, 0.5) is 5.88 Å². The van der Waals surface area contributed by atoms with Gasteiger partial charge in [-0.1, -0.05) is 19.0 Å². The van der Waals surface area contributed by atoms with Crippen LogP contribution in [-0.2, 0) is 4.79 Å². The fourth-order valence-electron chi connectivity index (χ4n) is 1.29. The predicted octanol–water partition coefficient (Wildman–Crippen LogP) is 0.661. The second-order valence-corrected chi connectivity index (χ2v) is 4.28. The smallest absolute Gasteiger partial charge is 0.240 e. The molecule has 17 heavy (non-hydrogen) atoms. The molecular weight excluding hydrogens is 222 g/mol. The van der Waals surface area contributed by atoms with Crippen molar-refractivity contribution in [3.8, 4) is 0 Å². The van der Waals surface area contributed by atoms with Crippen LogP contribution in [0.3, 0.4) is 0 Å². The Morgan fingerprint density at radius 1 is 1.65 bits per heavy atom. The van der Waals surface area contributed by atoms with Gasteiger partial charge in [0.05, 0.1) is 18.8 Å². The maximum atomic E-state index is 11.6. The summed E-state index contributed by atoms with van der Waals surface area (Å²) in [7, 11) is 1.76. The number of rotatable bonds is 6. The molecule has 0 saturated carbocycles. The van der Waals surface area contributed by atoms with Crippen molar-refractivity contribution >= 4 is 11.8 Å². The second-order valence-electron chi connectivity index (χ2n) is 4.28. The van der Waals surface area contributed by atoms with E-state index >= 15 is 0 Å². The molecule has 1 aromatic heterocycles. The van der Waals surface area contributed by atoms with E-state index in [0.29, 0.717) is 12.4 Å². The van der Waals surface area contributed by atoms with Gasteiger partial charge in [0.15, 0.2) is 0 Å². The standard InChI is InChI=1S/C11H19N3O3/c1-8(2)9-6-11(17-13-9)12-10(16)7-14(3)4-5-15/h6,8,15H,4-5,7H2,1-3H3,(H,12,16). The van der Waals surface area contributed by atoms with E-state index in [1.54, 1.807) is 18.0 Å². The van der Waals surface area contributed by atoms with Gasteiger partial charge >= 0.3 is 0 Å². The molecule has 0 aliphatic heterocycles. The summed E-state index contributed by atoms with van der Waals surface area (Å²) in [5.41, 5.74) is 0.809. The Kier molecular flexibility index (Phi) is 5.11. The lowest BCUT2D eigenvalue weighted by Gasteiger charge is -2.13. The highest BCUT2D eigenvalue weighted by Crippen LogP contribution is 2.17. The third-order valence-electron chi connectivity index (χ3n) is 2.28. The fraction of sp³-hybridized carbons (Fsp3) is 0.636. The summed E-state index contributed by atoms with van der Waals surface area (Å²) in [6, 6.07) is 1.72. The third kappa shape index (κ3) is 4.54. The van der Waals surface area contributed by atoms with Gasteiger partial charge in [-0.05, 0) is 13.0 Å². The maximum absolute atomic E-state index is 11.6. The second kappa shape index (κ2) is 6.36. The van der Waals surface area contributed by atoms with Crippen molar-refractivity contribution in [2.75, 3.05) is 32.1 Å². The van der Waals surface area contributed by atoms with Gasteiger partial charge in [-0.15, -0.1) is 0 Å². The third-order valence-corrected chi connectivity index (χ3v) is 2.28. The van der Waals surface area contributed by atoms with Crippen LogP contribution in [0.15, 0.2) is 10.6 Å². The summed E-state index contributed by atoms with van der Waals surface area (Å²) in [6.45, 7) is 4.69. The molecule has 1 rings (SSSR count). The lowest BCUT2D eigenvalue weighted by molar-refractivity contribution is -0.117. The molecule has 0 atom stereocenters. The molecule has 0 fully saturated rings. The van der Waals surface area contributed by atoms with E-state index in [9.17, 15) is 4.79 Å². The number of aliphatic hydroxyl groups is 1. The molecule has 0 spiro atoms. The largest absolute Gasteiger partial charge is 0.395 e.